The number of hydrogen-bond donors (Lipinski definition) is 1. The first-order valence-corrected chi connectivity index (χ1v) is 9.09. The molecule has 5 nitrogen and oxygen atoms in total. The monoisotopic (exact) mass is 360 g/mol. The van der Waals surface area contributed by atoms with E-state index in [0.29, 0.717) is 5.02 Å². The van der Waals surface area contributed by atoms with Gasteiger partial charge < -0.3 is 15.0 Å². The fourth-order valence-corrected chi connectivity index (χ4v) is 3.25. The standard InChI is InChI=1S/C19H25ClN4O/c1-25-17-5-3-16(4-6-17)24-13-11-23(12-14-24)10-2-8-22-19-7-9-21-15-18(19)20/h3-7,9,15H,2,8,10-14H2,1H3,(H,21,22). The minimum absolute atomic E-state index is 0.676. The highest BCUT2D eigenvalue weighted by molar-refractivity contribution is 6.33. The topological polar surface area (TPSA) is 40.6 Å². The predicted molar refractivity (Wildman–Crippen MR) is 104 cm³/mol. The largest absolute Gasteiger partial charge is 0.497 e. The van der Waals surface area contributed by atoms with E-state index in [9.17, 15) is 0 Å². The first-order chi connectivity index (χ1) is 12.3. The van der Waals surface area contributed by atoms with Crippen LogP contribution in [0.3, 0.4) is 0 Å². The van der Waals surface area contributed by atoms with Crippen LogP contribution in [0.4, 0.5) is 11.4 Å². The van der Waals surface area contributed by atoms with Crippen LogP contribution >= 0.6 is 11.6 Å². The molecule has 25 heavy (non-hydrogen) atoms. The quantitative estimate of drug-likeness (QED) is 0.767. The molecule has 1 aromatic carbocycles. The van der Waals surface area contributed by atoms with Crippen molar-refractivity contribution in [2.75, 3.05) is 56.6 Å². The molecular formula is C19H25ClN4O. The van der Waals surface area contributed by atoms with Crippen LogP contribution in [0.15, 0.2) is 42.7 Å². The second-order valence-corrected chi connectivity index (χ2v) is 6.57. The van der Waals surface area contributed by atoms with Gasteiger partial charge in [0, 0.05) is 50.8 Å². The van der Waals surface area contributed by atoms with Gasteiger partial charge in [-0.15, -0.1) is 0 Å². The zero-order valence-corrected chi connectivity index (χ0v) is 15.4. The van der Waals surface area contributed by atoms with Crippen molar-refractivity contribution in [2.45, 2.75) is 6.42 Å². The lowest BCUT2D eigenvalue weighted by Gasteiger charge is -2.36. The molecular weight excluding hydrogens is 336 g/mol. The molecule has 1 aromatic heterocycles. The minimum Gasteiger partial charge on any atom is -0.497 e. The molecule has 1 N–H and O–H groups in total. The summed E-state index contributed by atoms with van der Waals surface area (Å²) in [5.41, 5.74) is 2.23. The van der Waals surface area contributed by atoms with Crippen LogP contribution in [0.5, 0.6) is 5.75 Å². The third kappa shape index (κ3) is 5.00. The molecule has 0 bridgehead atoms. The summed E-state index contributed by atoms with van der Waals surface area (Å²) >= 11 is 6.10. The molecule has 1 saturated heterocycles. The van der Waals surface area contributed by atoms with Gasteiger partial charge in [-0.25, -0.2) is 0 Å². The number of ether oxygens (including phenoxy) is 1. The van der Waals surface area contributed by atoms with E-state index in [1.54, 1.807) is 19.5 Å². The number of halogens is 1. The van der Waals surface area contributed by atoms with E-state index < -0.39 is 0 Å². The Balaban J connectivity index is 1.37. The maximum atomic E-state index is 6.10. The predicted octanol–water partition coefficient (Wildman–Crippen LogP) is 3.37. The average Bonchev–Trinajstić information content (AvgIpc) is 2.67. The molecule has 134 valence electrons. The first kappa shape index (κ1) is 17.8. The fraction of sp³-hybridized carbons (Fsp3) is 0.421. The first-order valence-electron chi connectivity index (χ1n) is 8.71. The third-order valence-corrected chi connectivity index (χ3v) is 4.85. The minimum atomic E-state index is 0.676. The summed E-state index contributed by atoms with van der Waals surface area (Å²) in [4.78, 5) is 8.96. The van der Waals surface area contributed by atoms with E-state index in [-0.39, 0.29) is 0 Å². The molecule has 1 aliphatic rings. The molecule has 2 aromatic rings. The number of benzene rings is 1. The molecule has 1 fully saturated rings. The van der Waals surface area contributed by atoms with Crippen molar-refractivity contribution < 1.29 is 4.74 Å². The molecule has 0 spiro atoms. The molecule has 0 saturated carbocycles. The van der Waals surface area contributed by atoms with E-state index in [4.69, 9.17) is 16.3 Å². The van der Waals surface area contributed by atoms with Gasteiger partial charge in [-0.2, -0.15) is 0 Å². The number of nitrogens with one attached hydrogen (secondary N) is 1. The van der Waals surface area contributed by atoms with Crippen molar-refractivity contribution in [3.05, 3.63) is 47.7 Å². The number of piperazine rings is 1. The highest BCUT2D eigenvalue weighted by Gasteiger charge is 2.16. The second-order valence-electron chi connectivity index (χ2n) is 6.16. The zero-order chi connectivity index (χ0) is 17.5. The molecule has 0 radical (unpaired) electrons. The van der Waals surface area contributed by atoms with E-state index in [2.05, 4.69) is 32.2 Å². The molecule has 0 amide bonds. The van der Waals surface area contributed by atoms with Crippen LogP contribution < -0.4 is 15.0 Å². The average molecular weight is 361 g/mol. The van der Waals surface area contributed by atoms with Gasteiger partial charge in [0.1, 0.15) is 5.75 Å². The van der Waals surface area contributed by atoms with Crippen LogP contribution in [-0.4, -0.2) is 56.3 Å². The zero-order valence-electron chi connectivity index (χ0n) is 14.6. The van der Waals surface area contributed by atoms with Crippen molar-refractivity contribution >= 4 is 23.0 Å². The Kier molecular flexibility index (Phi) is 6.36. The van der Waals surface area contributed by atoms with Gasteiger partial charge in [0.15, 0.2) is 0 Å². The molecule has 0 aliphatic carbocycles. The van der Waals surface area contributed by atoms with E-state index in [1.807, 2.05) is 18.2 Å². The van der Waals surface area contributed by atoms with E-state index in [0.717, 1.165) is 57.1 Å². The van der Waals surface area contributed by atoms with Crippen molar-refractivity contribution in [3.63, 3.8) is 0 Å². The maximum Gasteiger partial charge on any atom is 0.119 e. The Morgan fingerprint density at radius 3 is 2.56 bits per heavy atom. The van der Waals surface area contributed by atoms with Gasteiger partial charge >= 0.3 is 0 Å². The highest BCUT2D eigenvalue weighted by atomic mass is 35.5. The Bertz CT molecular complexity index is 657. The normalized spacial score (nSPS) is 15.2. The number of aromatic nitrogens is 1. The summed E-state index contributed by atoms with van der Waals surface area (Å²) in [6.07, 6.45) is 4.52. The maximum absolute atomic E-state index is 6.10. The Labute approximate surface area is 154 Å². The molecule has 6 heteroatoms. The number of methoxy groups -OCH3 is 1. The van der Waals surface area contributed by atoms with Gasteiger partial charge in [0.05, 0.1) is 17.8 Å². The molecule has 0 unspecified atom stereocenters. The summed E-state index contributed by atoms with van der Waals surface area (Å²) < 4.78 is 5.22. The summed E-state index contributed by atoms with van der Waals surface area (Å²) in [5, 5.41) is 4.05. The lowest BCUT2D eigenvalue weighted by Crippen LogP contribution is -2.46. The third-order valence-electron chi connectivity index (χ3n) is 4.55. The Hall–Kier alpha value is -1.98. The lowest BCUT2D eigenvalue weighted by atomic mass is 10.2. The van der Waals surface area contributed by atoms with Gasteiger partial charge in [-0.3, -0.25) is 9.88 Å². The van der Waals surface area contributed by atoms with Crippen molar-refractivity contribution in [2.24, 2.45) is 0 Å². The van der Waals surface area contributed by atoms with Gasteiger partial charge in [0.2, 0.25) is 0 Å². The SMILES string of the molecule is COc1ccc(N2CCN(CCCNc3ccncc3Cl)CC2)cc1. The van der Waals surface area contributed by atoms with Crippen LogP contribution in [0, 0.1) is 0 Å². The van der Waals surface area contributed by atoms with Crippen LogP contribution in [0.25, 0.3) is 0 Å². The van der Waals surface area contributed by atoms with Crippen LogP contribution in [0.2, 0.25) is 5.02 Å². The second kappa shape index (κ2) is 8.92. The summed E-state index contributed by atoms with van der Waals surface area (Å²) in [6.45, 7) is 6.35. The number of rotatable bonds is 7. The summed E-state index contributed by atoms with van der Waals surface area (Å²) in [5.74, 6) is 0.907. The van der Waals surface area contributed by atoms with Crippen molar-refractivity contribution in [1.82, 2.24) is 9.88 Å². The summed E-state index contributed by atoms with van der Waals surface area (Å²) in [7, 11) is 1.70. The Morgan fingerprint density at radius 1 is 1.12 bits per heavy atom. The Morgan fingerprint density at radius 2 is 1.88 bits per heavy atom. The molecule has 3 rings (SSSR count). The number of nitrogens with zero attached hydrogens (tertiary/aromatic N) is 3. The highest BCUT2D eigenvalue weighted by Crippen LogP contribution is 2.21. The number of pyridine rings is 1. The smallest absolute Gasteiger partial charge is 0.119 e. The van der Waals surface area contributed by atoms with Gasteiger partial charge in [0.25, 0.3) is 0 Å². The number of anilines is 2. The van der Waals surface area contributed by atoms with Crippen molar-refractivity contribution in [3.8, 4) is 5.75 Å². The molecule has 0 atom stereocenters. The van der Waals surface area contributed by atoms with Crippen molar-refractivity contribution in [1.29, 1.82) is 0 Å². The van der Waals surface area contributed by atoms with E-state index >= 15 is 0 Å². The van der Waals surface area contributed by atoms with E-state index in [1.165, 1.54) is 5.69 Å². The molecule has 1 aliphatic heterocycles. The molecule has 2 heterocycles. The number of hydrogen-bond acceptors (Lipinski definition) is 5. The van der Waals surface area contributed by atoms with Gasteiger partial charge in [-0.1, -0.05) is 11.6 Å². The fourth-order valence-electron chi connectivity index (χ4n) is 3.07. The van der Waals surface area contributed by atoms with Gasteiger partial charge in [-0.05, 0) is 43.3 Å². The lowest BCUT2D eigenvalue weighted by molar-refractivity contribution is 0.257. The van der Waals surface area contributed by atoms with Crippen LogP contribution in [-0.2, 0) is 0 Å². The summed E-state index contributed by atoms with van der Waals surface area (Å²) in [6, 6.07) is 10.2. The van der Waals surface area contributed by atoms with Crippen LogP contribution in [0.1, 0.15) is 6.42 Å².